The maximum absolute atomic E-state index is 12.9. The van der Waals surface area contributed by atoms with Gasteiger partial charge < -0.3 is 10.5 Å². The SMILES string of the molecule is NC(=S)c1cc(F)ccc1COCC(F)F. The van der Waals surface area contributed by atoms with Gasteiger partial charge in [-0.1, -0.05) is 18.3 Å². The van der Waals surface area contributed by atoms with Gasteiger partial charge in [-0.15, -0.1) is 0 Å². The van der Waals surface area contributed by atoms with E-state index in [0.29, 0.717) is 11.1 Å². The highest BCUT2D eigenvalue weighted by atomic mass is 32.1. The molecule has 0 saturated carbocycles. The highest BCUT2D eigenvalue weighted by Gasteiger charge is 2.08. The Kier molecular flexibility index (Phi) is 4.70. The Balaban J connectivity index is 2.75. The fourth-order valence-corrected chi connectivity index (χ4v) is 1.35. The van der Waals surface area contributed by atoms with Crippen molar-refractivity contribution >= 4 is 17.2 Å². The molecule has 1 aromatic rings. The lowest BCUT2D eigenvalue weighted by molar-refractivity contribution is 0.00982. The Hall–Kier alpha value is -1.14. The van der Waals surface area contributed by atoms with Gasteiger partial charge in [-0.2, -0.15) is 0 Å². The van der Waals surface area contributed by atoms with Crippen LogP contribution in [0.25, 0.3) is 0 Å². The van der Waals surface area contributed by atoms with E-state index in [1.165, 1.54) is 12.1 Å². The van der Waals surface area contributed by atoms with Crippen LogP contribution >= 0.6 is 12.2 Å². The van der Waals surface area contributed by atoms with Gasteiger partial charge in [0.25, 0.3) is 6.43 Å². The predicted octanol–water partition coefficient (Wildman–Crippen LogP) is 2.24. The van der Waals surface area contributed by atoms with Gasteiger partial charge in [-0.25, -0.2) is 13.2 Å². The molecule has 2 nitrogen and oxygen atoms in total. The van der Waals surface area contributed by atoms with Crippen molar-refractivity contribution < 1.29 is 17.9 Å². The summed E-state index contributed by atoms with van der Waals surface area (Å²) in [5.41, 5.74) is 6.18. The minimum absolute atomic E-state index is 0.00940. The van der Waals surface area contributed by atoms with Crippen LogP contribution in [0.5, 0.6) is 0 Å². The summed E-state index contributed by atoms with van der Waals surface area (Å²) in [5.74, 6) is -0.486. The number of halogens is 3. The van der Waals surface area contributed by atoms with E-state index < -0.39 is 18.8 Å². The molecule has 6 heteroatoms. The molecule has 0 heterocycles. The first-order valence-electron chi connectivity index (χ1n) is 4.45. The van der Waals surface area contributed by atoms with Gasteiger partial charge in [0.05, 0.1) is 6.61 Å². The second kappa shape index (κ2) is 5.81. The largest absolute Gasteiger partial charge is 0.389 e. The summed E-state index contributed by atoms with van der Waals surface area (Å²) in [6.07, 6.45) is -2.53. The molecule has 88 valence electrons. The third-order valence-corrected chi connectivity index (χ3v) is 2.06. The van der Waals surface area contributed by atoms with Gasteiger partial charge >= 0.3 is 0 Å². The number of rotatable bonds is 5. The van der Waals surface area contributed by atoms with Crippen LogP contribution in [0.1, 0.15) is 11.1 Å². The molecule has 0 bridgehead atoms. The summed E-state index contributed by atoms with van der Waals surface area (Å²) >= 11 is 4.72. The molecule has 0 fully saturated rings. The average Bonchev–Trinajstić information content (AvgIpc) is 2.19. The van der Waals surface area contributed by atoms with E-state index in [0.717, 1.165) is 6.07 Å². The third kappa shape index (κ3) is 3.79. The summed E-state index contributed by atoms with van der Waals surface area (Å²) in [7, 11) is 0. The number of alkyl halides is 2. The number of thiocarbonyl (C=S) groups is 1. The second-order valence-corrected chi connectivity index (χ2v) is 3.51. The fourth-order valence-electron chi connectivity index (χ4n) is 1.16. The molecule has 0 spiro atoms. The van der Waals surface area contributed by atoms with Crippen LogP contribution in [0.4, 0.5) is 13.2 Å². The molecule has 1 rings (SSSR count). The molecular weight excluding hydrogens is 239 g/mol. The van der Waals surface area contributed by atoms with Crippen molar-refractivity contribution in [1.29, 1.82) is 0 Å². The monoisotopic (exact) mass is 249 g/mol. The molecule has 0 radical (unpaired) electrons. The van der Waals surface area contributed by atoms with Crippen LogP contribution in [0.2, 0.25) is 0 Å². The molecule has 2 N–H and O–H groups in total. The van der Waals surface area contributed by atoms with E-state index in [1.54, 1.807) is 0 Å². The van der Waals surface area contributed by atoms with E-state index in [4.69, 9.17) is 22.7 Å². The maximum Gasteiger partial charge on any atom is 0.261 e. The summed E-state index contributed by atoms with van der Waals surface area (Å²) in [5, 5.41) is 0. The lowest BCUT2D eigenvalue weighted by atomic mass is 10.1. The van der Waals surface area contributed by atoms with Gasteiger partial charge in [-0.05, 0) is 17.7 Å². The number of hydrogen-bond acceptors (Lipinski definition) is 2. The van der Waals surface area contributed by atoms with Crippen LogP contribution < -0.4 is 5.73 Å². The van der Waals surface area contributed by atoms with Crippen molar-refractivity contribution in [3.8, 4) is 0 Å². The van der Waals surface area contributed by atoms with E-state index in [1.807, 2.05) is 0 Å². The number of benzene rings is 1. The van der Waals surface area contributed by atoms with Crippen LogP contribution in [0.3, 0.4) is 0 Å². The van der Waals surface area contributed by atoms with E-state index >= 15 is 0 Å². The molecule has 0 unspecified atom stereocenters. The molecule has 0 aliphatic rings. The second-order valence-electron chi connectivity index (χ2n) is 3.07. The van der Waals surface area contributed by atoms with Crippen LogP contribution in [0.15, 0.2) is 18.2 Å². The minimum Gasteiger partial charge on any atom is -0.389 e. The highest BCUT2D eigenvalue weighted by molar-refractivity contribution is 7.80. The normalized spacial score (nSPS) is 10.8. The van der Waals surface area contributed by atoms with E-state index in [9.17, 15) is 13.2 Å². The van der Waals surface area contributed by atoms with Crippen molar-refractivity contribution in [2.24, 2.45) is 5.73 Å². The zero-order valence-electron chi connectivity index (χ0n) is 8.25. The zero-order valence-corrected chi connectivity index (χ0v) is 9.07. The maximum atomic E-state index is 12.9. The average molecular weight is 249 g/mol. The van der Waals surface area contributed by atoms with Crippen molar-refractivity contribution in [3.63, 3.8) is 0 Å². The summed E-state index contributed by atoms with van der Waals surface area (Å²) in [4.78, 5) is 0.00940. The first kappa shape index (κ1) is 12.9. The molecule has 0 amide bonds. The Labute approximate surface area is 96.2 Å². The lowest BCUT2D eigenvalue weighted by Gasteiger charge is -2.09. The minimum atomic E-state index is -2.53. The van der Waals surface area contributed by atoms with Gasteiger partial charge in [0.15, 0.2) is 0 Å². The topological polar surface area (TPSA) is 35.2 Å². The highest BCUT2D eigenvalue weighted by Crippen LogP contribution is 2.13. The first-order valence-corrected chi connectivity index (χ1v) is 4.85. The van der Waals surface area contributed by atoms with Crippen LogP contribution in [-0.2, 0) is 11.3 Å². The standard InChI is InChI=1S/C10H10F3NOS/c11-7-2-1-6(4-15-5-9(12)13)8(3-7)10(14)16/h1-3,9H,4-5H2,(H2,14,16). The van der Waals surface area contributed by atoms with Crippen molar-refractivity contribution in [2.45, 2.75) is 13.0 Å². The van der Waals surface area contributed by atoms with Crippen LogP contribution in [0, 0.1) is 5.82 Å². The van der Waals surface area contributed by atoms with Crippen molar-refractivity contribution in [1.82, 2.24) is 0 Å². The number of ether oxygens (including phenoxy) is 1. The Morgan fingerprint density at radius 1 is 1.44 bits per heavy atom. The quantitative estimate of drug-likeness (QED) is 0.813. The molecule has 0 aromatic heterocycles. The molecule has 0 aliphatic heterocycles. The molecular formula is C10H10F3NOS. The smallest absolute Gasteiger partial charge is 0.261 e. The van der Waals surface area contributed by atoms with Gasteiger partial charge in [0.2, 0.25) is 0 Å². The lowest BCUT2D eigenvalue weighted by Crippen LogP contribution is -2.14. The summed E-state index contributed by atoms with van der Waals surface area (Å²) in [6, 6.07) is 3.77. The Bertz CT molecular complexity index is 384. The molecule has 0 aliphatic carbocycles. The molecule has 1 aromatic carbocycles. The van der Waals surface area contributed by atoms with Crippen molar-refractivity contribution in [2.75, 3.05) is 6.61 Å². The van der Waals surface area contributed by atoms with E-state index in [-0.39, 0.29) is 11.6 Å². The number of hydrogen-bond donors (Lipinski definition) is 1. The van der Waals surface area contributed by atoms with Gasteiger partial charge in [0.1, 0.15) is 17.4 Å². The molecule has 0 saturated heterocycles. The van der Waals surface area contributed by atoms with Crippen LogP contribution in [-0.4, -0.2) is 18.0 Å². The van der Waals surface area contributed by atoms with E-state index in [2.05, 4.69) is 0 Å². The first-order chi connectivity index (χ1) is 7.50. The molecule has 16 heavy (non-hydrogen) atoms. The fraction of sp³-hybridized carbons (Fsp3) is 0.300. The van der Waals surface area contributed by atoms with Gasteiger partial charge in [-0.3, -0.25) is 0 Å². The third-order valence-electron chi connectivity index (χ3n) is 1.84. The van der Waals surface area contributed by atoms with Gasteiger partial charge in [0, 0.05) is 5.56 Å². The zero-order chi connectivity index (χ0) is 12.1. The number of nitrogens with two attached hydrogens (primary N) is 1. The Morgan fingerprint density at radius 3 is 2.69 bits per heavy atom. The van der Waals surface area contributed by atoms with Crippen molar-refractivity contribution in [3.05, 3.63) is 35.1 Å². The summed E-state index contributed by atoms with van der Waals surface area (Å²) in [6.45, 7) is -0.745. The molecule has 0 atom stereocenters. The summed E-state index contributed by atoms with van der Waals surface area (Å²) < 4.78 is 41.3. The predicted molar refractivity (Wildman–Crippen MR) is 57.9 cm³/mol. The Morgan fingerprint density at radius 2 is 2.12 bits per heavy atom.